The van der Waals surface area contributed by atoms with Gasteiger partial charge in [-0.05, 0) is 6.92 Å². The summed E-state index contributed by atoms with van der Waals surface area (Å²) in [5, 5.41) is 0.810. The second-order valence-corrected chi connectivity index (χ2v) is 4.73. The molecule has 17 heavy (non-hydrogen) atoms. The van der Waals surface area contributed by atoms with Gasteiger partial charge in [-0.15, -0.1) is 11.3 Å². The van der Waals surface area contributed by atoms with Crippen molar-refractivity contribution in [1.82, 2.24) is 4.98 Å². The number of hydrogen-bond donors (Lipinski definition) is 0. The molecule has 0 bridgehead atoms. The first kappa shape index (κ1) is 11.7. The molecule has 0 saturated carbocycles. The molecule has 2 aromatic rings. The lowest BCUT2D eigenvalue weighted by molar-refractivity contribution is 0.102. The average Bonchev–Trinajstić information content (AvgIpc) is 2.71. The lowest BCUT2D eigenvalue weighted by Gasteiger charge is -1.95. The Labute approximate surface area is 103 Å². The number of ketones is 1. The van der Waals surface area contributed by atoms with Crippen LogP contribution in [0, 0.1) is 6.92 Å². The first-order valence-electron chi connectivity index (χ1n) is 5.16. The van der Waals surface area contributed by atoms with E-state index in [1.165, 1.54) is 11.3 Å². The third-order valence-electron chi connectivity index (χ3n) is 2.41. The Morgan fingerprint density at radius 2 is 1.94 bits per heavy atom. The molecular weight excluding hydrogens is 234 g/mol. The molecule has 0 fully saturated rings. The van der Waals surface area contributed by atoms with E-state index in [9.17, 15) is 9.59 Å². The number of thiazole rings is 1. The van der Waals surface area contributed by atoms with Crippen LogP contribution in [0.4, 0.5) is 0 Å². The zero-order valence-corrected chi connectivity index (χ0v) is 10.4. The number of rotatable bonds is 3. The number of aryl methyl sites for hydroxylation is 1. The van der Waals surface area contributed by atoms with Gasteiger partial charge in [0.1, 0.15) is 11.3 Å². The van der Waals surface area contributed by atoms with Crippen LogP contribution in [0.15, 0.2) is 24.3 Å². The Bertz CT molecular complexity index is 570. The molecule has 0 radical (unpaired) electrons. The Kier molecular flexibility index (Phi) is 3.15. The van der Waals surface area contributed by atoms with Crippen LogP contribution in [0.5, 0.6) is 0 Å². The van der Waals surface area contributed by atoms with Gasteiger partial charge in [0.05, 0.1) is 10.6 Å². The fraction of sp³-hybridized carbons (Fsp3) is 0.154. The second-order valence-electron chi connectivity index (χ2n) is 3.73. The molecule has 0 unspecified atom stereocenters. The topological polar surface area (TPSA) is 47.0 Å². The van der Waals surface area contributed by atoms with Crippen molar-refractivity contribution in [2.24, 2.45) is 0 Å². The molecule has 1 heterocycles. The van der Waals surface area contributed by atoms with E-state index in [0.717, 1.165) is 22.6 Å². The van der Waals surface area contributed by atoms with Crippen LogP contribution in [-0.2, 0) is 0 Å². The molecule has 0 N–H and O–H groups in total. The molecular formula is C13H11NO2S. The van der Waals surface area contributed by atoms with E-state index < -0.39 is 0 Å². The number of Topliss-reactive ketones (excluding diaryl/α,β-unsaturated/α-hetero) is 1. The van der Waals surface area contributed by atoms with Crippen LogP contribution in [0.3, 0.4) is 0 Å². The molecule has 1 aromatic heterocycles. The molecule has 0 atom stereocenters. The summed E-state index contributed by atoms with van der Waals surface area (Å²) in [6.07, 6.45) is 0.803. The van der Waals surface area contributed by atoms with E-state index in [2.05, 4.69) is 4.98 Å². The van der Waals surface area contributed by atoms with Gasteiger partial charge in [-0.2, -0.15) is 0 Å². The fourth-order valence-electron chi connectivity index (χ4n) is 1.55. The Morgan fingerprint density at radius 3 is 2.41 bits per heavy atom. The predicted octanol–water partition coefficient (Wildman–Crippen LogP) is 3.13. The maximum atomic E-state index is 11.3. The fourth-order valence-corrected chi connectivity index (χ4v) is 2.52. The van der Waals surface area contributed by atoms with E-state index in [-0.39, 0.29) is 5.78 Å². The summed E-state index contributed by atoms with van der Waals surface area (Å²) in [6.45, 7) is 3.37. The summed E-state index contributed by atoms with van der Waals surface area (Å²) < 4.78 is 0. The van der Waals surface area contributed by atoms with Crippen molar-refractivity contribution in [2.45, 2.75) is 13.8 Å². The lowest BCUT2D eigenvalue weighted by atomic mass is 10.1. The van der Waals surface area contributed by atoms with Gasteiger partial charge in [0.2, 0.25) is 0 Å². The third kappa shape index (κ3) is 2.31. The molecule has 0 spiro atoms. The molecule has 4 heteroatoms. The maximum absolute atomic E-state index is 11.3. The summed E-state index contributed by atoms with van der Waals surface area (Å²) in [7, 11) is 0. The van der Waals surface area contributed by atoms with E-state index in [4.69, 9.17) is 0 Å². The van der Waals surface area contributed by atoms with Crippen molar-refractivity contribution >= 4 is 23.4 Å². The molecule has 0 amide bonds. The summed E-state index contributed by atoms with van der Waals surface area (Å²) in [5.74, 6) is 0.0377. The van der Waals surface area contributed by atoms with Gasteiger partial charge >= 0.3 is 0 Å². The first-order valence-corrected chi connectivity index (χ1v) is 5.97. The minimum Gasteiger partial charge on any atom is -0.298 e. The van der Waals surface area contributed by atoms with Gasteiger partial charge in [0.25, 0.3) is 0 Å². The van der Waals surface area contributed by atoms with Gasteiger partial charge in [-0.1, -0.05) is 24.3 Å². The van der Waals surface area contributed by atoms with Gasteiger partial charge in [0.15, 0.2) is 5.78 Å². The number of benzene rings is 1. The van der Waals surface area contributed by atoms with Crippen LogP contribution in [0.2, 0.25) is 0 Å². The second kappa shape index (κ2) is 4.59. The van der Waals surface area contributed by atoms with Crippen molar-refractivity contribution in [3.05, 3.63) is 40.4 Å². The standard InChI is InChI=1S/C13H11NO2S/c1-8-12(9(2)16)17-13(14-8)11-5-3-10(7-15)4-6-11/h3-7H,1-2H3. The van der Waals surface area contributed by atoms with Crippen molar-refractivity contribution in [2.75, 3.05) is 0 Å². The predicted molar refractivity (Wildman–Crippen MR) is 67.7 cm³/mol. The van der Waals surface area contributed by atoms with Crippen LogP contribution >= 0.6 is 11.3 Å². The molecule has 3 nitrogen and oxygen atoms in total. The van der Waals surface area contributed by atoms with Crippen molar-refractivity contribution in [3.63, 3.8) is 0 Å². The molecule has 0 aliphatic carbocycles. The smallest absolute Gasteiger partial charge is 0.171 e. The number of aromatic nitrogens is 1. The maximum Gasteiger partial charge on any atom is 0.171 e. The van der Waals surface area contributed by atoms with Crippen LogP contribution in [0.25, 0.3) is 10.6 Å². The van der Waals surface area contributed by atoms with Crippen molar-refractivity contribution in [1.29, 1.82) is 0 Å². The van der Waals surface area contributed by atoms with E-state index >= 15 is 0 Å². The quantitative estimate of drug-likeness (QED) is 0.616. The van der Waals surface area contributed by atoms with Crippen molar-refractivity contribution < 1.29 is 9.59 Å². The van der Waals surface area contributed by atoms with Gasteiger partial charge in [-0.25, -0.2) is 4.98 Å². The normalized spacial score (nSPS) is 10.2. The highest BCUT2D eigenvalue weighted by atomic mass is 32.1. The lowest BCUT2D eigenvalue weighted by Crippen LogP contribution is -1.89. The minimum absolute atomic E-state index is 0.0377. The molecule has 2 rings (SSSR count). The highest BCUT2D eigenvalue weighted by Crippen LogP contribution is 2.28. The highest BCUT2D eigenvalue weighted by Gasteiger charge is 2.12. The van der Waals surface area contributed by atoms with Gasteiger partial charge in [-0.3, -0.25) is 9.59 Å². The van der Waals surface area contributed by atoms with Crippen molar-refractivity contribution in [3.8, 4) is 10.6 Å². The van der Waals surface area contributed by atoms with Gasteiger partial charge in [0, 0.05) is 18.1 Å². The first-order chi connectivity index (χ1) is 8.11. The minimum atomic E-state index is 0.0377. The van der Waals surface area contributed by atoms with E-state index in [0.29, 0.717) is 10.4 Å². The largest absolute Gasteiger partial charge is 0.298 e. The third-order valence-corrected chi connectivity index (χ3v) is 3.72. The van der Waals surface area contributed by atoms with Crippen LogP contribution in [-0.4, -0.2) is 17.1 Å². The number of carbonyl (C=O) groups excluding carboxylic acids is 2. The molecule has 0 aliphatic rings. The monoisotopic (exact) mass is 245 g/mol. The summed E-state index contributed by atoms with van der Waals surface area (Å²) in [5.41, 5.74) is 2.32. The molecule has 0 saturated heterocycles. The van der Waals surface area contributed by atoms with Crippen LogP contribution < -0.4 is 0 Å². The Morgan fingerprint density at radius 1 is 1.29 bits per heavy atom. The Hall–Kier alpha value is -1.81. The van der Waals surface area contributed by atoms with Crippen LogP contribution in [0.1, 0.15) is 32.6 Å². The summed E-state index contributed by atoms with van der Waals surface area (Å²) in [6, 6.07) is 7.16. The van der Waals surface area contributed by atoms with Gasteiger partial charge < -0.3 is 0 Å². The average molecular weight is 245 g/mol. The SMILES string of the molecule is CC(=O)c1sc(-c2ccc(C=O)cc2)nc1C. The molecule has 0 aliphatic heterocycles. The molecule has 86 valence electrons. The summed E-state index contributed by atoms with van der Waals surface area (Å²) in [4.78, 5) is 26.9. The zero-order chi connectivity index (χ0) is 12.4. The zero-order valence-electron chi connectivity index (χ0n) is 9.56. The number of aldehydes is 1. The number of nitrogens with zero attached hydrogens (tertiary/aromatic N) is 1. The molecule has 1 aromatic carbocycles. The Balaban J connectivity index is 2.42. The number of hydrogen-bond acceptors (Lipinski definition) is 4. The van der Waals surface area contributed by atoms with E-state index in [1.54, 1.807) is 19.1 Å². The summed E-state index contributed by atoms with van der Waals surface area (Å²) >= 11 is 1.39. The van der Waals surface area contributed by atoms with E-state index in [1.807, 2.05) is 19.1 Å². The highest BCUT2D eigenvalue weighted by molar-refractivity contribution is 7.17. The number of carbonyl (C=O) groups is 2.